The first-order valence-electron chi connectivity index (χ1n) is 8.97. The smallest absolute Gasteiger partial charge is 0.262 e. The lowest BCUT2D eigenvalue weighted by molar-refractivity contribution is -0.129. The minimum Gasteiger partial charge on any atom is -0.342 e. The van der Waals surface area contributed by atoms with Crippen molar-refractivity contribution in [2.45, 2.75) is 31.2 Å². The van der Waals surface area contributed by atoms with Crippen LogP contribution < -0.4 is 5.56 Å². The minimum absolute atomic E-state index is 0.0653. The molecule has 5 nitrogen and oxygen atoms in total. The number of rotatable bonds is 6. The van der Waals surface area contributed by atoms with E-state index in [2.05, 4.69) is 4.98 Å². The van der Waals surface area contributed by atoms with E-state index in [4.69, 9.17) is 0 Å². The van der Waals surface area contributed by atoms with Crippen LogP contribution in [0.1, 0.15) is 20.8 Å². The minimum atomic E-state index is -0.297. The highest BCUT2D eigenvalue weighted by Crippen LogP contribution is 2.32. The number of nitrogens with zero attached hydrogens (tertiary/aromatic N) is 3. The number of benzene rings is 1. The lowest BCUT2D eigenvalue weighted by Crippen LogP contribution is -2.36. The number of hydrogen-bond donors (Lipinski definition) is 0. The first-order chi connectivity index (χ1) is 13.0. The lowest BCUT2D eigenvalue weighted by atomic mass is 10.2. The van der Waals surface area contributed by atoms with Gasteiger partial charge in [-0.1, -0.05) is 42.1 Å². The van der Waals surface area contributed by atoms with Crippen molar-refractivity contribution in [1.82, 2.24) is 14.5 Å². The third kappa shape index (κ3) is 3.94. The van der Waals surface area contributed by atoms with E-state index in [1.54, 1.807) is 16.5 Å². The summed E-state index contributed by atoms with van der Waals surface area (Å²) in [6, 6.07) is 11.9. The van der Waals surface area contributed by atoms with Gasteiger partial charge in [0, 0.05) is 25.0 Å². The van der Waals surface area contributed by atoms with Crippen LogP contribution in [0.25, 0.3) is 20.7 Å². The van der Waals surface area contributed by atoms with Crippen molar-refractivity contribution in [2.24, 2.45) is 7.05 Å². The fourth-order valence-corrected chi connectivity index (χ4v) is 4.93. The van der Waals surface area contributed by atoms with Gasteiger partial charge in [-0.3, -0.25) is 14.2 Å². The summed E-state index contributed by atoms with van der Waals surface area (Å²) in [7, 11) is 1.71. The number of amides is 1. The molecular weight excluding hydrogens is 378 g/mol. The van der Waals surface area contributed by atoms with Crippen LogP contribution in [-0.2, 0) is 11.8 Å². The average molecular weight is 402 g/mol. The van der Waals surface area contributed by atoms with Gasteiger partial charge in [0.2, 0.25) is 5.91 Å². The van der Waals surface area contributed by atoms with Crippen LogP contribution in [0.2, 0.25) is 0 Å². The number of carbonyl (C=O) groups excluding carboxylic acids is 1. The molecule has 1 atom stereocenters. The van der Waals surface area contributed by atoms with Crippen LogP contribution >= 0.6 is 23.1 Å². The Labute approximate surface area is 167 Å². The quantitative estimate of drug-likeness (QED) is 0.463. The van der Waals surface area contributed by atoms with Gasteiger partial charge < -0.3 is 4.90 Å². The van der Waals surface area contributed by atoms with Crippen molar-refractivity contribution in [3.63, 3.8) is 0 Å². The van der Waals surface area contributed by atoms with Crippen LogP contribution in [0.5, 0.6) is 0 Å². The van der Waals surface area contributed by atoms with E-state index < -0.39 is 0 Å². The molecule has 0 N–H and O–H groups in total. The molecule has 1 amide bonds. The topological polar surface area (TPSA) is 55.2 Å². The number of carbonyl (C=O) groups is 1. The zero-order valence-corrected chi connectivity index (χ0v) is 17.6. The second-order valence-corrected chi connectivity index (χ2v) is 8.56. The number of thioether (sulfide) groups is 1. The van der Waals surface area contributed by atoms with Crippen molar-refractivity contribution in [3.8, 4) is 10.4 Å². The predicted octanol–water partition coefficient (Wildman–Crippen LogP) is 4.01. The Morgan fingerprint density at radius 1 is 1.26 bits per heavy atom. The molecular formula is C20H23N3O2S2. The zero-order chi connectivity index (χ0) is 19.6. The zero-order valence-electron chi connectivity index (χ0n) is 15.9. The number of fused-ring (bicyclic) bond motifs is 1. The highest BCUT2D eigenvalue weighted by Gasteiger charge is 2.22. The third-order valence-electron chi connectivity index (χ3n) is 4.50. The Hall–Kier alpha value is -2.12. The van der Waals surface area contributed by atoms with Crippen molar-refractivity contribution >= 4 is 39.2 Å². The van der Waals surface area contributed by atoms with Crippen LogP contribution in [0.4, 0.5) is 0 Å². The Kier molecular flexibility index (Phi) is 6.01. The predicted molar refractivity (Wildman–Crippen MR) is 114 cm³/mol. The lowest BCUT2D eigenvalue weighted by Gasteiger charge is -2.22. The summed E-state index contributed by atoms with van der Waals surface area (Å²) in [4.78, 5) is 33.6. The molecule has 0 aliphatic heterocycles. The van der Waals surface area contributed by atoms with Gasteiger partial charge in [-0.2, -0.15) is 0 Å². The van der Waals surface area contributed by atoms with Crippen molar-refractivity contribution in [2.75, 3.05) is 13.1 Å². The standard InChI is InChI=1S/C20H23N3O2S2/c1-5-23(6-2)18(24)13(3)26-20-21-17-15(19(25)22(20)4)12-16(27-17)14-10-8-7-9-11-14/h7-13H,5-6H2,1-4H3. The van der Waals surface area contributed by atoms with E-state index in [1.807, 2.05) is 57.2 Å². The van der Waals surface area contributed by atoms with E-state index >= 15 is 0 Å². The summed E-state index contributed by atoms with van der Waals surface area (Å²) in [6.45, 7) is 7.16. The molecule has 2 heterocycles. The van der Waals surface area contributed by atoms with Crippen LogP contribution in [0, 0.1) is 0 Å². The number of aromatic nitrogens is 2. The van der Waals surface area contributed by atoms with Crippen LogP contribution in [-0.4, -0.2) is 38.7 Å². The molecule has 0 aliphatic carbocycles. The maximum absolute atomic E-state index is 12.8. The van der Waals surface area contributed by atoms with Gasteiger partial charge in [-0.05, 0) is 32.4 Å². The monoisotopic (exact) mass is 401 g/mol. The molecule has 27 heavy (non-hydrogen) atoms. The van der Waals surface area contributed by atoms with Gasteiger partial charge >= 0.3 is 0 Å². The van der Waals surface area contributed by atoms with E-state index in [9.17, 15) is 9.59 Å². The molecule has 1 aromatic carbocycles. The molecule has 1 unspecified atom stereocenters. The summed E-state index contributed by atoms with van der Waals surface area (Å²) in [5.41, 5.74) is 0.991. The summed E-state index contributed by atoms with van der Waals surface area (Å²) >= 11 is 2.84. The second-order valence-electron chi connectivity index (χ2n) is 6.22. The SMILES string of the molecule is CCN(CC)C(=O)C(C)Sc1nc2sc(-c3ccccc3)cc2c(=O)n1C. The Bertz CT molecular complexity index is 1010. The maximum Gasteiger partial charge on any atom is 0.262 e. The second kappa shape index (κ2) is 8.27. The first-order valence-corrected chi connectivity index (χ1v) is 10.7. The van der Waals surface area contributed by atoms with Gasteiger partial charge in [0.1, 0.15) is 4.83 Å². The average Bonchev–Trinajstić information content (AvgIpc) is 3.11. The molecule has 2 aromatic heterocycles. The Morgan fingerprint density at radius 2 is 1.93 bits per heavy atom. The largest absolute Gasteiger partial charge is 0.342 e. The Morgan fingerprint density at radius 3 is 2.56 bits per heavy atom. The van der Waals surface area contributed by atoms with E-state index in [-0.39, 0.29) is 16.7 Å². The van der Waals surface area contributed by atoms with Gasteiger partial charge in [0.05, 0.1) is 10.6 Å². The highest BCUT2D eigenvalue weighted by molar-refractivity contribution is 8.00. The first kappa shape index (κ1) is 19.6. The Balaban J connectivity index is 1.96. The molecule has 0 saturated carbocycles. The van der Waals surface area contributed by atoms with Gasteiger partial charge in [0.15, 0.2) is 5.16 Å². The summed E-state index contributed by atoms with van der Waals surface area (Å²) < 4.78 is 1.54. The van der Waals surface area contributed by atoms with Crippen LogP contribution in [0.15, 0.2) is 46.3 Å². The highest BCUT2D eigenvalue weighted by atomic mass is 32.2. The maximum atomic E-state index is 12.8. The molecule has 0 aliphatic rings. The molecule has 0 saturated heterocycles. The van der Waals surface area contributed by atoms with Gasteiger partial charge in [-0.15, -0.1) is 11.3 Å². The van der Waals surface area contributed by atoms with Crippen molar-refractivity contribution in [1.29, 1.82) is 0 Å². The van der Waals surface area contributed by atoms with E-state index in [0.717, 1.165) is 10.4 Å². The summed E-state index contributed by atoms with van der Waals surface area (Å²) in [6.07, 6.45) is 0. The summed E-state index contributed by atoms with van der Waals surface area (Å²) in [5.74, 6) is 0.0653. The fourth-order valence-electron chi connectivity index (χ4n) is 2.90. The third-order valence-corrected chi connectivity index (χ3v) is 6.70. The number of hydrogen-bond acceptors (Lipinski definition) is 5. The van der Waals surface area contributed by atoms with Gasteiger partial charge in [0.25, 0.3) is 5.56 Å². The molecule has 7 heteroatoms. The molecule has 3 rings (SSSR count). The van der Waals surface area contributed by atoms with Gasteiger partial charge in [-0.25, -0.2) is 4.98 Å². The molecule has 0 radical (unpaired) electrons. The van der Waals surface area contributed by atoms with Crippen molar-refractivity contribution in [3.05, 3.63) is 46.8 Å². The number of thiophene rings is 1. The molecule has 0 spiro atoms. The van der Waals surface area contributed by atoms with Crippen LogP contribution in [0.3, 0.4) is 0 Å². The van der Waals surface area contributed by atoms with E-state index in [0.29, 0.717) is 28.5 Å². The molecule has 0 bridgehead atoms. The van der Waals surface area contributed by atoms with E-state index in [1.165, 1.54) is 23.1 Å². The summed E-state index contributed by atoms with van der Waals surface area (Å²) in [5, 5.41) is 0.893. The fraction of sp³-hybridized carbons (Fsp3) is 0.350. The van der Waals surface area contributed by atoms with Crippen molar-refractivity contribution < 1.29 is 4.79 Å². The molecule has 0 fully saturated rings. The molecule has 142 valence electrons. The molecule has 3 aromatic rings. The normalized spacial score (nSPS) is 12.3.